The third-order valence-electron chi connectivity index (χ3n) is 5.38. The van der Waals surface area contributed by atoms with E-state index in [1.807, 2.05) is 30.3 Å². The fraction of sp³-hybridized carbons (Fsp3) is 0.103. The molecule has 0 aliphatic rings. The molecule has 35 heavy (non-hydrogen) atoms. The van der Waals surface area contributed by atoms with E-state index in [0.29, 0.717) is 23.5 Å². The number of hydrogen-bond acceptors (Lipinski definition) is 4. The highest BCUT2D eigenvalue weighted by atomic mass is 16.5. The number of ether oxygens (including phenoxy) is 1. The maximum atomic E-state index is 12.7. The molecule has 0 saturated carbocycles. The smallest absolute Gasteiger partial charge is 0.326 e. The molecule has 0 heterocycles. The average Bonchev–Trinajstić information content (AvgIpc) is 2.89. The second kappa shape index (κ2) is 10.9. The second-order valence-electron chi connectivity index (χ2n) is 7.94. The molecule has 0 aliphatic heterocycles. The number of nitrogens with one attached hydrogen (secondary N) is 1. The molecule has 4 rings (SSSR count). The number of benzene rings is 3. The summed E-state index contributed by atoms with van der Waals surface area (Å²) < 4.78 is 5.73. The topological polar surface area (TPSA) is 95.9 Å². The third-order valence-corrected chi connectivity index (χ3v) is 5.38. The van der Waals surface area contributed by atoms with Crippen molar-refractivity contribution in [2.24, 2.45) is 0 Å². The van der Waals surface area contributed by atoms with E-state index >= 15 is 0 Å². The van der Waals surface area contributed by atoms with Crippen molar-refractivity contribution in [3.8, 4) is 22.6 Å². The molecular formula is C29H23NO5. The number of phenols is 1. The van der Waals surface area contributed by atoms with E-state index in [0.717, 1.165) is 16.7 Å². The Bertz CT molecular complexity index is 1270. The van der Waals surface area contributed by atoms with Gasteiger partial charge in [0, 0.05) is 23.1 Å². The van der Waals surface area contributed by atoms with Crippen molar-refractivity contribution < 1.29 is 24.5 Å². The van der Waals surface area contributed by atoms with Crippen molar-refractivity contribution in [1.29, 1.82) is 0 Å². The number of phenolic OH excluding ortho intramolecular Hbond substituents is 1. The Hall–Kier alpha value is -4.76. The maximum Gasteiger partial charge on any atom is 0.326 e. The van der Waals surface area contributed by atoms with Crippen LogP contribution in [0.15, 0.2) is 91.0 Å². The molecule has 0 aromatic heterocycles. The molecule has 0 bridgehead atoms. The summed E-state index contributed by atoms with van der Waals surface area (Å²) in [6.07, 6.45) is 0.0612. The third kappa shape index (κ3) is 6.40. The predicted molar refractivity (Wildman–Crippen MR) is 131 cm³/mol. The van der Waals surface area contributed by atoms with Gasteiger partial charge in [0.15, 0.2) is 0 Å². The van der Waals surface area contributed by atoms with Crippen LogP contribution in [0.1, 0.15) is 21.5 Å². The van der Waals surface area contributed by atoms with Crippen molar-refractivity contribution in [2.45, 2.75) is 19.1 Å². The Labute approximate surface area is 203 Å². The first-order valence-electron chi connectivity index (χ1n) is 11.0. The number of carbonyl (C=O) groups excluding carboxylic acids is 1. The van der Waals surface area contributed by atoms with Crippen LogP contribution in [-0.4, -0.2) is 28.1 Å². The van der Waals surface area contributed by atoms with Crippen LogP contribution >= 0.6 is 0 Å². The van der Waals surface area contributed by atoms with Gasteiger partial charge in [-0.3, -0.25) is 4.79 Å². The van der Waals surface area contributed by atoms with Crippen LogP contribution in [0.4, 0.5) is 0 Å². The number of carbonyl (C=O) groups is 2. The SMILES string of the molecule is O=C(N[C@@H](Cc1c#cc(-c2ccc(O)cc2)cc1)C(=O)O)c1ccc(OCc2ccccc2)cc1. The molecular weight excluding hydrogens is 442 g/mol. The molecule has 0 unspecified atom stereocenters. The molecule has 4 aromatic carbocycles. The fourth-order valence-corrected chi connectivity index (χ4v) is 3.45. The highest BCUT2D eigenvalue weighted by Gasteiger charge is 2.21. The molecule has 0 spiro atoms. The molecule has 6 heteroatoms. The highest BCUT2D eigenvalue weighted by molar-refractivity contribution is 5.96. The van der Waals surface area contributed by atoms with Gasteiger partial charge in [0.1, 0.15) is 24.1 Å². The van der Waals surface area contributed by atoms with Crippen molar-refractivity contribution in [2.75, 3.05) is 0 Å². The average molecular weight is 466 g/mol. The minimum Gasteiger partial charge on any atom is -0.508 e. The molecule has 3 N–H and O–H groups in total. The number of aromatic hydroxyl groups is 1. The largest absolute Gasteiger partial charge is 0.508 e. The Balaban J connectivity index is 1.35. The van der Waals surface area contributed by atoms with Crippen molar-refractivity contribution in [3.05, 3.63) is 120 Å². The molecule has 0 fully saturated rings. The number of carboxylic acids is 1. The molecule has 1 atom stereocenters. The number of hydrogen-bond donors (Lipinski definition) is 3. The zero-order valence-electron chi connectivity index (χ0n) is 18.8. The van der Waals surface area contributed by atoms with Crippen LogP contribution < -0.4 is 10.1 Å². The van der Waals surface area contributed by atoms with E-state index in [1.54, 1.807) is 60.7 Å². The maximum absolute atomic E-state index is 12.7. The highest BCUT2D eigenvalue weighted by Crippen LogP contribution is 2.20. The Kier molecular flexibility index (Phi) is 7.29. The fourth-order valence-electron chi connectivity index (χ4n) is 3.45. The summed E-state index contributed by atoms with van der Waals surface area (Å²) in [6.45, 7) is 0.409. The van der Waals surface area contributed by atoms with Gasteiger partial charge < -0.3 is 20.3 Å². The molecule has 4 aromatic rings. The standard InChI is InChI=1S/C29H23NO5/c31-25-14-10-23(11-15-25)22-8-6-20(7-9-22)18-27(29(33)34)30-28(32)24-12-16-26(17-13-24)35-19-21-4-2-1-3-5-21/h1-6,8,10-17,27,31H,18-19H2,(H,30,32)(H,33,34)/t27-/m0/s1. The van der Waals surface area contributed by atoms with Crippen LogP contribution in [0.2, 0.25) is 0 Å². The first-order chi connectivity index (χ1) is 17.0. The van der Waals surface area contributed by atoms with E-state index in [2.05, 4.69) is 17.4 Å². The summed E-state index contributed by atoms with van der Waals surface area (Å²) in [5.74, 6) is -0.850. The number of rotatable bonds is 9. The van der Waals surface area contributed by atoms with Crippen LogP contribution in [0.5, 0.6) is 11.5 Å². The van der Waals surface area contributed by atoms with Crippen molar-refractivity contribution in [1.82, 2.24) is 5.32 Å². The van der Waals surface area contributed by atoms with Gasteiger partial charge in [0.05, 0.1) is 0 Å². The first-order valence-corrected chi connectivity index (χ1v) is 11.0. The van der Waals surface area contributed by atoms with Gasteiger partial charge in [-0.05, 0) is 59.7 Å². The summed E-state index contributed by atoms with van der Waals surface area (Å²) in [6, 6.07) is 31.3. The minimum absolute atomic E-state index is 0.0612. The van der Waals surface area contributed by atoms with Gasteiger partial charge in [-0.2, -0.15) is 0 Å². The van der Waals surface area contributed by atoms with Gasteiger partial charge in [-0.1, -0.05) is 54.6 Å². The van der Waals surface area contributed by atoms with Gasteiger partial charge in [-0.15, -0.1) is 0 Å². The van der Waals surface area contributed by atoms with Crippen molar-refractivity contribution >= 4 is 11.9 Å². The summed E-state index contributed by atoms with van der Waals surface area (Å²) in [5, 5.41) is 21.6. The molecule has 0 aliphatic carbocycles. The van der Waals surface area contributed by atoms with Gasteiger partial charge in [-0.25, -0.2) is 4.79 Å². The van der Waals surface area contributed by atoms with Gasteiger partial charge in [0.25, 0.3) is 5.91 Å². The zero-order chi connectivity index (χ0) is 24.6. The van der Waals surface area contributed by atoms with Crippen LogP contribution in [-0.2, 0) is 17.8 Å². The van der Waals surface area contributed by atoms with Crippen LogP contribution in [0.3, 0.4) is 0 Å². The summed E-state index contributed by atoms with van der Waals surface area (Å²) >= 11 is 0. The van der Waals surface area contributed by atoms with Crippen LogP contribution in [0, 0.1) is 12.1 Å². The van der Waals surface area contributed by atoms with Crippen molar-refractivity contribution in [3.63, 3.8) is 0 Å². The predicted octanol–water partition coefficient (Wildman–Crippen LogP) is 4.66. The normalized spacial score (nSPS) is 11.2. The Morgan fingerprint density at radius 2 is 1.57 bits per heavy atom. The van der Waals surface area contributed by atoms with Crippen LogP contribution in [0.25, 0.3) is 11.1 Å². The number of amides is 1. The van der Waals surface area contributed by atoms with E-state index in [1.165, 1.54) is 0 Å². The van der Waals surface area contributed by atoms with Gasteiger partial charge in [0.2, 0.25) is 0 Å². The lowest BCUT2D eigenvalue weighted by atomic mass is 10.0. The monoisotopic (exact) mass is 465 g/mol. The molecule has 0 saturated heterocycles. The quantitative estimate of drug-likeness (QED) is 0.334. The number of aliphatic carboxylic acids is 1. The lowest BCUT2D eigenvalue weighted by Gasteiger charge is -2.14. The Morgan fingerprint density at radius 1 is 0.857 bits per heavy atom. The zero-order valence-corrected chi connectivity index (χ0v) is 18.8. The first kappa shape index (κ1) is 23.4. The lowest BCUT2D eigenvalue weighted by Crippen LogP contribution is -2.42. The number of carboxylic acid groups (broad SMARTS) is 1. The van der Waals surface area contributed by atoms with E-state index in [-0.39, 0.29) is 12.2 Å². The Morgan fingerprint density at radius 3 is 2.20 bits per heavy atom. The second-order valence-corrected chi connectivity index (χ2v) is 7.94. The molecule has 6 nitrogen and oxygen atoms in total. The summed E-state index contributed by atoms with van der Waals surface area (Å²) in [7, 11) is 0. The molecule has 1 amide bonds. The van der Waals surface area contributed by atoms with E-state index in [4.69, 9.17) is 4.74 Å². The summed E-state index contributed by atoms with van der Waals surface area (Å²) in [5.41, 5.74) is 3.58. The molecule has 0 radical (unpaired) electrons. The minimum atomic E-state index is -1.14. The van der Waals surface area contributed by atoms with E-state index < -0.39 is 17.9 Å². The lowest BCUT2D eigenvalue weighted by molar-refractivity contribution is -0.139. The summed E-state index contributed by atoms with van der Waals surface area (Å²) in [4.78, 5) is 24.4. The van der Waals surface area contributed by atoms with E-state index in [9.17, 15) is 19.8 Å². The van der Waals surface area contributed by atoms with Gasteiger partial charge >= 0.3 is 5.97 Å². The molecule has 174 valence electrons.